The summed E-state index contributed by atoms with van der Waals surface area (Å²) in [5.74, 6) is 0.0519. The van der Waals surface area contributed by atoms with Crippen LogP contribution in [0, 0.1) is 5.41 Å². The minimum absolute atomic E-state index is 0.0519. The third-order valence-electron chi connectivity index (χ3n) is 5.92. The Morgan fingerprint density at radius 1 is 0.897 bits per heavy atom. The average molecular weight is 403 g/mol. The van der Waals surface area contributed by atoms with Crippen molar-refractivity contribution in [1.82, 2.24) is 5.43 Å². The van der Waals surface area contributed by atoms with Gasteiger partial charge in [0.15, 0.2) is 0 Å². The highest BCUT2D eigenvalue weighted by Gasteiger charge is 2.42. The van der Waals surface area contributed by atoms with Gasteiger partial charge in [-0.15, -0.1) is 0 Å². The summed E-state index contributed by atoms with van der Waals surface area (Å²) >= 11 is 0. The number of anilines is 1. The molecule has 1 aromatic carbocycles. The summed E-state index contributed by atoms with van der Waals surface area (Å²) in [5.41, 5.74) is 3.51. The van der Waals surface area contributed by atoms with Crippen LogP contribution >= 0.6 is 0 Å². The molecule has 4 heteroatoms. The van der Waals surface area contributed by atoms with E-state index in [1.807, 2.05) is 42.3 Å². The number of hydrogen-bond acceptors (Lipinski definition) is 3. The molecule has 0 saturated carbocycles. The number of para-hydroxylation sites is 1. The van der Waals surface area contributed by atoms with Crippen LogP contribution in [0.1, 0.15) is 90.9 Å². The highest BCUT2D eigenvalue weighted by Crippen LogP contribution is 2.28. The van der Waals surface area contributed by atoms with Crippen LogP contribution in [0.3, 0.4) is 0 Å². The second-order valence-corrected chi connectivity index (χ2v) is 8.86. The minimum Gasteiger partial charge on any atom is -0.380 e. The molecule has 1 N–H and O–H groups in total. The van der Waals surface area contributed by atoms with Crippen molar-refractivity contribution in [3.05, 3.63) is 30.3 Å². The highest BCUT2D eigenvalue weighted by molar-refractivity contribution is 5.87. The number of hydrogen-bond donors (Lipinski definition) is 1. The molecular formula is C25H42N2O2. The Morgan fingerprint density at radius 3 is 2.03 bits per heavy atom. The number of amides is 1. The van der Waals surface area contributed by atoms with E-state index in [1.54, 1.807) is 0 Å². The molecule has 1 amide bonds. The number of carbonyl (C=O) groups is 1. The summed E-state index contributed by atoms with van der Waals surface area (Å²) in [5, 5.41) is 1.93. The lowest BCUT2D eigenvalue weighted by molar-refractivity contribution is -0.129. The summed E-state index contributed by atoms with van der Waals surface area (Å²) < 4.78 is 5.88. The zero-order chi connectivity index (χ0) is 20.8. The first-order valence-corrected chi connectivity index (χ1v) is 11.9. The van der Waals surface area contributed by atoms with E-state index in [-0.39, 0.29) is 5.91 Å². The monoisotopic (exact) mass is 402 g/mol. The standard InChI is InChI=1S/C25H42N2O2/c1-3-4-5-6-7-8-9-10-11-12-13-17-20-29-22-25(2)21-27(26-24(25)28)23-18-15-14-16-19-23/h14-16,18-19H,3-13,17,20-22H2,1-2H3,(H,26,28). The van der Waals surface area contributed by atoms with Gasteiger partial charge in [-0.2, -0.15) is 0 Å². The van der Waals surface area contributed by atoms with Crippen LogP contribution in [0.5, 0.6) is 0 Å². The maximum Gasteiger partial charge on any atom is 0.248 e. The molecule has 4 nitrogen and oxygen atoms in total. The Balaban J connectivity index is 1.46. The molecule has 1 saturated heterocycles. The Hall–Kier alpha value is -1.55. The Bertz CT molecular complexity index is 563. The van der Waals surface area contributed by atoms with Crippen molar-refractivity contribution in [1.29, 1.82) is 0 Å². The molecule has 0 bridgehead atoms. The third kappa shape index (κ3) is 8.77. The quantitative estimate of drug-likeness (QED) is 0.332. The van der Waals surface area contributed by atoms with E-state index in [2.05, 4.69) is 12.3 Å². The lowest BCUT2D eigenvalue weighted by atomic mass is 9.92. The Morgan fingerprint density at radius 2 is 1.45 bits per heavy atom. The van der Waals surface area contributed by atoms with Gasteiger partial charge in [-0.3, -0.25) is 15.2 Å². The fraction of sp³-hybridized carbons (Fsp3) is 0.720. The highest BCUT2D eigenvalue weighted by atomic mass is 16.5. The molecule has 1 aliphatic rings. The molecular weight excluding hydrogens is 360 g/mol. The number of nitrogens with zero attached hydrogens (tertiary/aromatic N) is 1. The average Bonchev–Trinajstić information content (AvgIpc) is 3.03. The number of ether oxygens (including phenoxy) is 1. The first kappa shape index (κ1) is 23.7. The van der Waals surface area contributed by atoms with Crippen molar-refractivity contribution >= 4 is 11.6 Å². The molecule has 0 radical (unpaired) electrons. The molecule has 1 unspecified atom stereocenters. The number of benzene rings is 1. The molecule has 1 aliphatic heterocycles. The summed E-state index contributed by atoms with van der Waals surface area (Å²) in [4.78, 5) is 12.4. The van der Waals surface area contributed by atoms with Crippen LogP contribution in [0.2, 0.25) is 0 Å². The zero-order valence-corrected chi connectivity index (χ0v) is 18.8. The van der Waals surface area contributed by atoms with Crippen molar-refractivity contribution in [2.45, 2.75) is 90.9 Å². The van der Waals surface area contributed by atoms with Crippen LogP contribution in [0.4, 0.5) is 5.69 Å². The maximum absolute atomic E-state index is 12.4. The smallest absolute Gasteiger partial charge is 0.248 e. The number of nitrogens with one attached hydrogen (secondary N) is 1. The van der Waals surface area contributed by atoms with Crippen LogP contribution in [0.25, 0.3) is 0 Å². The number of unbranched alkanes of at least 4 members (excludes halogenated alkanes) is 11. The van der Waals surface area contributed by atoms with E-state index in [1.165, 1.54) is 70.6 Å². The normalized spacial score (nSPS) is 19.0. The molecule has 2 rings (SSSR count). The third-order valence-corrected chi connectivity index (χ3v) is 5.92. The van der Waals surface area contributed by atoms with E-state index in [0.717, 1.165) is 18.7 Å². The number of carbonyl (C=O) groups excluding carboxylic acids is 1. The zero-order valence-electron chi connectivity index (χ0n) is 18.8. The van der Waals surface area contributed by atoms with Gasteiger partial charge in [0.1, 0.15) is 0 Å². The molecule has 1 heterocycles. The topological polar surface area (TPSA) is 41.6 Å². The molecule has 164 valence electrons. The number of rotatable bonds is 16. The molecule has 29 heavy (non-hydrogen) atoms. The molecule has 1 atom stereocenters. The minimum atomic E-state index is -0.479. The van der Waals surface area contributed by atoms with Crippen LogP contribution < -0.4 is 10.4 Å². The molecule has 0 aromatic heterocycles. The molecule has 0 aliphatic carbocycles. The van der Waals surface area contributed by atoms with Gasteiger partial charge >= 0.3 is 0 Å². The summed E-state index contributed by atoms with van der Waals surface area (Å²) in [6, 6.07) is 9.99. The Labute approximate surface area is 178 Å². The molecule has 1 fully saturated rings. The van der Waals surface area contributed by atoms with Crippen molar-refractivity contribution in [3.63, 3.8) is 0 Å². The van der Waals surface area contributed by atoms with Crippen molar-refractivity contribution < 1.29 is 9.53 Å². The van der Waals surface area contributed by atoms with Gasteiger partial charge in [-0.25, -0.2) is 0 Å². The second kappa shape index (κ2) is 13.6. The number of hydrazine groups is 1. The fourth-order valence-corrected chi connectivity index (χ4v) is 3.94. The van der Waals surface area contributed by atoms with Crippen LogP contribution in [-0.4, -0.2) is 25.7 Å². The summed E-state index contributed by atoms with van der Waals surface area (Å²) in [6.45, 7) is 6.16. The van der Waals surface area contributed by atoms with Crippen LogP contribution in [0.15, 0.2) is 30.3 Å². The van der Waals surface area contributed by atoms with E-state index < -0.39 is 5.41 Å². The van der Waals surface area contributed by atoms with Gasteiger partial charge in [0.25, 0.3) is 0 Å². The first-order chi connectivity index (χ1) is 14.2. The maximum atomic E-state index is 12.4. The van der Waals surface area contributed by atoms with Gasteiger partial charge in [-0.05, 0) is 25.5 Å². The van der Waals surface area contributed by atoms with Gasteiger partial charge < -0.3 is 4.74 Å². The summed E-state index contributed by atoms with van der Waals surface area (Å²) in [6.07, 6.45) is 16.2. The van der Waals surface area contributed by atoms with E-state index >= 15 is 0 Å². The van der Waals surface area contributed by atoms with E-state index in [0.29, 0.717) is 13.2 Å². The van der Waals surface area contributed by atoms with Crippen molar-refractivity contribution in [3.8, 4) is 0 Å². The van der Waals surface area contributed by atoms with E-state index in [9.17, 15) is 4.79 Å². The first-order valence-electron chi connectivity index (χ1n) is 11.9. The van der Waals surface area contributed by atoms with E-state index in [4.69, 9.17) is 4.74 Å². The SMILES string of the molecule is CCCCCCCCCCCCCCOCC1(C)CN(c2ccccc2)NC1=O. The van der Waals surface area contributed by atoms with Gasteiger partial charge in [0.05, 0.1) is 24.3 Å². The van der Waals surface area contributed by atoms with Crippen LogP contribution in [-0.2, 0) is 9.53 Å². The van der Waals surface area contributed by atoms with Crippen molar-refractivity contribution in [2.24, 2.45) is 5.41 Å². The molecule has 0 spiro atoms. The lowest BCUT2D eigenvalue weighted by Gasteiger charge is -2.21. The second-order valence-electron chi connectivity index (χ2n) is 8.86. The van der Waals surface area contributed by atoms with Crippen molar-refractivity contribution in [2.75, 3.05) is 24.8 Å². The predicted molar refractivity (Wildman–Crippen MR) is 122 cm³/mol. The van der Waals surface area contributed by atoms with Gasteiger partial charge in [0.2, 0.25) is 5.91 Å². The van der Waals surface area contributed by atoms with Gasteiger partial charge in [0, 0.05) is 6.61 Å². The van der Waals surface area contributed by atoms with Gasteiger partial charge in [-0.1, -0.05) is 95.8 Å². The Kier molecular flexibility index (Phi) is 11.2. The largest absolute Gasteiger partial charge is 0.380 e. The fourth-order valence-electron chi connectivity index (χ4n) is 3.94. The molecule has 1 aromatic rings. The predicted octanol–water partition coefficient (Wildman–Crippen LogP) is 6.26. The lowest BCUT2D eigenvalue weighted by Crippen LogP contribution is -2.34. The summed E-state index contributed by atoms with van der Waals surface area (Å²) in [7, 11) is 0.